The van der Waals surface area contributed by atoms with Gasteiger partial charge >= 0.3 is 0 Å². The van der Waals surface area contributed by atoms with Gasteiger partial charge in [0.2, 0.25) is 0 Å². The lowest BCUT2D eigenvalue weighted by Crippen LogP contribution is -2.44. The molecule has 3 heterocycles. The largest absolute Gasteiger partial charge is 0.338 e. The molecule has 3 aromatic rings. The summed E-state index contributed by atoms with van der Waals surface area (Å²) < 4.78 is 27.2. The van der Waals surface area contributed by atoms with E-state index < -0.39 is 11.3 Å². The number of rotatable bonds is 5. The summed E-state index contributed by atoms with van der Waals surface area (Å²) in [6, 6.07) is 15.9. The van der Waals surface area contributed by atoms with Crippen molar-refractivity contribution in [2.45, 2.75) is 38.5 Å². The van der Waals surface area contributed by atoms with E-state index in [1.165, 1.54) is 12.1 Å². The van der Waals surface area contributed by atoms with Crippen molar-refractivity contribution in [2.24, 2.45) is 5.41 Å². The molecule has 0 unspecified atom stereocenters. The summed E-state index contributed by atoms with van der Waals surface area (Å²) in [5.41, 5.74) is 2.07. The SMILES string of the molecule is C[C@H](c1ccc(C(C)(F)F)cc1)C1(C#N)CCN(C(=O)c2cccnc2-c2ccncc2)CC1. The quantitative estimate of drug-likeness (QED) is 0.482. The van der Waals surface area contributed by atoms with E-state index in [4.69, 9.17) is 0 Å². The molecule has 2 aromatic heterocycles. The van der Waals surface area contributed by atoms with Crippen molar-refractivity contribution >= 4 is 5.91 Å². The van der Waals surface area contributed by atoms with Crippen LogP contribution in [0.1, 0.15) is 54.1 Å². The van der Waals surface area contributed by atoms with Crippen molar-refractivity contribution in [3.8, 4) is 17.3 Å². The third kappa shape index (κ3) is 4.54. The standard InChI is InChI=1S/C27H26F2N4O/c1-19(20-5-7-22(8-6-20)26(2,28)29)27(18-30)11-16-33(17-12-27)25(34)23-4-3-13-32-24(23)21-9-14-31-15-10-21/h3-10,13-15,19H,11-12,16-17H2,1-2H3/t19-/m1/s1. The van der Waals surface area contributed by atoms with E-state index in [1.807, 2.05) is 19.1 Å². The summed E-state index contributed by atoms with van der Waals surface area (Å²) in [5.74, 6) is -3.17. The number of aromatic nitrogens is 2. The highest BCUT2D eigenvalue weighted by molar-refractivity contribution is 5.99. The van der Waals surface area contributed by atoms with E-state index in [0.29, 0.717) is 37.2 Å². The minimum Gasteiger partial charge on any atom is -0.338 e. The molecule has 174 valence electrons. The van der Waals surface area contributed by atoms with Crippen molar-refractivity contribution in [2.75, 3.05) is 13.1 Å². The first-order valence-corrected chi connectivity index (χ1v) is 11.3. The lowest BCUT2D eigenvalue weighted by Gasteiger charge is -2.41. The summed E-state index contributed by atoms with van der Waals surface area (Å²) in [5, 5.41) is 10.1. The zero-order chi connectivity index (χ0) is 24.3. The molecule has 1 aliphatic rings. The number of hydrogen-bond acceptors (Lipinski definition) is 4. The van der Waals surface area contributed by atoms with Gasteiger partial charge in [0.1, 0.15) is 0 Å². The molecule has 0 saturated carbocycles. The number of carbonyl (C=O) groups is 1. The molecular formula is C27H26F2N4O. The topological polar surface area (TPSA) is 69.9 Å². The minimum atomic E-state index is -2.90. The lowest BCUT2D eigenvalue weighted by atomic mass is 9.68. The summed E-state index contributed by atoms with van der Waals surface area (Å²) in [7, 11) is 0. The van der Waals surface area contributed by atoms with Crippen molar-refractivity contribution in [3.05, 3.63) is 83.8 Å². The van der Waals surface area contributed by atoms with Gasteiger partial charge < -0.3 is 4.90 Å². The first-order valence-electron chi connectivity index (χ1n) is 11.3. The number of nitrogens with zero attached hydrogens (tertiary/aromatic N) is 4. The molecule has 1 aromatic carbocycles. The lowest BCUT2D eigenvalue weighted by molar-refractivity contribution is 0.0174. The Labute approximate surface area is 198 Å². The maximum atomic E-state index is 13.6. The van der Waals surface area contributed by atoms with Gasteiger partial charge in [0.05, 0.1) is 22.7 Å². The van der Waals surface area contributed by atoms with Gasteiger partial charge in [-0.15, -0.1) is 0 Å². The van der Waals surface area contributed by atoms with E-state index >= 15 is 0 Å². The normalized spacial score (nSPS) is 16.5. The van der Waals surface area contributed by atoms with E-state index in [0.717, 1.165) is 18.1 Å². The van der Waals surface area contributed by atoms with Crippen molar-refractivity contribution in [1.82, 2.24) is 14.9 Å². The Morgan fingerprint density at radius 2 is 1.74 bits per heavy atom. The van der Waals surface area contributed by atoms with Gasteiger partial charge in [-0.1, -0.05) is 31.2 Å². The van der Waals surface area contributed by atoms with Gasteiger partial charge in [0, 0.05) is 49.7 Å². The number of amides is 1. The van der Waals surface area contributed by atoms with Crippen molar-refractivity contribution in [1.29, 1.82) is 5.26 Å². The zero-order valence-corrected chi connectivity index (χ0v) is 19.2. The van der Waals surface area contributed by atoms with Crippen LogP contribution < -0.4 is 0 Å². The molecule has 1 atom stereocenters. The Morgan fingerprint density at radius 1 is 1.09 bits per heavy atom. The number of pyridine rings is 2. The zero-order valence-electron chi connectivity index (χ0n) is 19.2. The van der Waals surface area contributed by atoms with Gasteiger partial charge in [0.25, 0.3) is 11.8 Å². The van der Waals surface area contributed by atoms with E-state index in [-0.39, 0.29) is 17.4 Å². The Balaban J connectivity index is 1.51. The number of piperidine rings is 1. The highest BCUT2D eigenvalue weighted by Gasteiger charge is 2.42. The van der Waals surface area contributed by atoms with Crippen LogP contribution in [0.2, 0.25) is 0 Å². The molecule has 1 amide bonds. The molecule has 0 spiro atoms. The second-order valence-corrected chi connectivity index (χ2v) is 8.93. The Bertz CT molecular complexity index is 1190. The first kappa shape index (κ1) is 23.5. The smallest absolute Gasteiger partial charge is 0.270 e. The maximum Gasteiger partial charge on any atom is 0.270 e. The van der Waals surface area contributed by atoms with Gasteiger partial charge in [0.15, 0.2) is 0 Å². The highest BCUT2D eigenvalue weighted by Crippen LogP contribution is 2.44. The predicted molar refractivity (Wildman–Crippen MR) is 125 cm³/mol. The molecule has 5 nitrogen and oxygen atoms in total. The van der Waals surface area contributed by atoms with Gasteiger partial charge in [-0.2, -0.15) is 5.26 Å². The van der Waals surface area contributed by atoms with Crippen LogP contribution in [0.4, 0.5) is 8.78 Å². The van der Waals surface area contributed by atoms with Gasteiger partial charge in [-0.25, -0.2) is 8.78 Å². The number of likely N-dealkylation sites (tertiary alicyclic amines) is 1. The highest BCUT2D eigenvalue weighted by atomic mass is 19.3. The van der Waals surface area contributed by atoms with Crippen LogP contribution in [0.15, 0.2) is 67.1 Å². The third-order valence-corrected chi connectivity index (χ3v) is 6.90. The van der Waals surface area contributed by atoms with Gasteiger partial charge in [-0.05, 0) is 48.6 Å². The summed E-state index contributed by atoms with van der Waals surface area (Å²) >= 11 is 0. The predicted octanol–water partition coefficient (Wildman–Crippen LogP) is 5.80. The van der Waals surface area contributed by atoms with E-state index in [1.54, 1.807) is 47.8 Å². The summed E-state index contributed by atoms with van der Waals surface area (Å²) in [6.45, 7) is 3.71. The molecule has 0 radical (unpaired) electrons. The second kappa shape index (κ2) is 9.30. The molecule has 34 heavy (non-hydrogen) atoms. The van der Waals surface area contributed by atoms with Crippen LogP contribution in [0.3, 0.4) is 0 Å². The molecule has 1 saturated heterocycles. The number of hydrogen-bond donors (Lipinski definition) is 0. The fourth-order valence-electron chi connectivity index (χ4n) is 4.62. The van der Waals surface area contributed by atoms with Crippen LogP contribution in [0.5, 0.6) is 0 Å². The average molecular weight is 461 g/mol. The number of nitriles is 1. The first-order chi connectivity index (χ1) is 16.2. The minimum absolute atomic E-state index is 0.0451. The molecule has 7 heteroatoms. The fraction of sp³-hybridized carbons (Fsp3) is 0.333. The second-order valence-electron chi connectivity index (χ2n) is 8.93. The Kier molecular flexibility index (Phi) is 6.43. The average Bonchev–Trinajstić information content (AvgIpc) is 2.88. The maximum absolute atomic E-state index is 13.6. The Morgan fingerprint density at radius 3 is 2.32 bits per heavy atom. The van der Waals surface area contributed by atoms with Crippen molar-refractivity contribution in [3.63, 3.8) is 0 Å². The third-order valence-electron chi connectivity index (χ3n) is 6.90. The monoisotopic (exact) mass is 460 g/mol. The van der Waals surface area contributed by atoms with Gasteiger partial charge in [-0.3, -0.25) is 14.8 Å². The number of alkyl halides is 2. The summed E-state index contributed by atoms with van der Waals surface area (Å²) in [6.07, 6.45) is 6.00. The fourth-order valence-corrected chi connectivity index (χ4v) is 4.62. The van der Waals surface area contributed by atoms with Crippen LogP contribution in [0.25, 0.3) is 11.3 Å². The summed E-state index contributed by atoms with van der Waals surface area (Å²) in [4.78, 5) is 23.6. The number of halogens is 2. The molecule has 0 N–H and O–H groups in total. The van der Waals surface area contributed by atoms with Crippen LogP contribution in [0, 0.1) is 16.7 Å². The molecule has 0 aliphatic carbocycles. The molecule has 0 bridgehead atoms. The van der Waals surface area contributed by atoms with E-state index in [2.05, 4.69) is 16.0 Å². The molecular weight excluding hydrogens is 434 g/mol. The number of benzene rings is 1. The molecule has 4 rings (SSSR count). The Hall–Kier alpha value is -3.66. The molecule has 1 fully saturated rings. The number of carbonyl (C=O) groups excluding carboxylic acids is 1. The van der Waals surface area contributed by atoms with Crippen LogP contribution in [-0.2, 0) is 5.92 Å². The van der Waals surface area contributed by atoms with Crippen LogP contribution in [-0.4, -0.2) is 33.9 Å². The van der Waals surface area contributed by atoms with E-state index in [9.17, 15) is 18.8 Å². The van der Waals surface area contributed by atoms with Crippen molar-refractivity contribution < 1.29 is 13.6 Å². The molecule has 1 aliphatic heterocycles. The van der Waals surface area contributed by atoms with Crippen LogP contribution >= 0.6 is 0 Å².